The van der Waals surface area contributed by atoms with Crippen molar-refractivity contribution in [3.05, 3.63) is 30.3 Å². The number of anilines is 1. The van der Waals surface area contributed by atoms with Crippen LogP contribution in [0.1, 0.15) is 0 Å². The van der Waals surface area contributed by atoms with E-state index in [-0.39, 0.29) is 0 Å². The van der Waals surface area contributed by atoms with Crippen LogP contribution in [0.4, 0.5) is 5.69 Å². The molecule has 4 nitrogen and oxygen atoms in total. The van der Waals surface area contributed by atoms with Crippen molar-refractivity contribution < 1.29 is 0 Å². The smallest absolute Gasteiger partial charge is 0.197 e. The Morgan fingerprint density at radius 1 is 1.40 bits per heavy atom. The van der Waals surface area contributed by atoms with E-state index in [1.165, 1.54) is 0 Å². The summed E-state index contributed by atoms with van der Waals surface area (Å²) in [5.41, 5.74) is 6.64. The number of hydrogen-bond donors (Lipinski definition) is 2. The number of guanidine groups is 1. The second-order valence-electron chi connectivity index (χ2n) is 3.19. The van der Waals surface area contributed by atoms with Crippen LogP contribution in [0.2, 0.25) is 0 Å². The van der Waals surface area contributed by atoms with Gasteiger partial charge in [0.05, 0.1) is 6.54 Å². The molecule has 1 aromatic carbocycles. The fourth-order valence-electron chi connectivity index (χ4n) is 1.38. The molecule has 0 unspecified atom stereocenters. The molecule has 3 N–H and O–H groups in total. The third-order valence-electron chi connectivity index (χ3n) is 2.14. The molecule has 0 amide bonds. The molecule has 0 radical (unpaired) electrons. The van der Waals surface area contributed by atoms with Gasteiger partial charge in [-0.3, -0.25) is 9.89 Å². The van der Waals surface area contributed by atoms with E-state index in [9.17, 15) is 0 Å². The van der Waals surface area contributed by atoms with E-state index in [0.29, 0.717) is 17.6 Å². The number of hydrogen-bond acceptors (Lipinski definition) is 3. The van der Waals surface area contributed by atoms with Crippen molar-refractivity contribution in [3.63, 3.8) is 0 Å². The molecule has 0 aromatic heterocycles. The topological polar surface area (TPSA) is 53.6 Å². The summed E-state index contributed by atoms with van der Waals surface area (Å²) in [6.07, 6.45) is 0. The predicted molar refractivity (Wildman–Crippen MR) is 65.9 cm³/mol. The molecule has 15 heavy (non-hydrogen) atoms. The van der Waals surface area contributed by atoms with Gasteiger partial charge in [-0.1, -0.05) is 18.2 Å². The first-order valence-corrected chi connectivity index (χ1v) is 5.12. The number of para-hydroxylation sites is 1. The molecular formula is C10H12N4S. The molecule has 0 saturated heterocycles. The van der Waals surface area contributed by atoms with Gasteiger partial charge in [-0.05, 0) is 24.4 Å². The van der Waals surface area contributed by atoms with E-state index < -0.39 is 0 Å². The molecule has 1 heterocycles. The highest BCUT2D eigenvalue weighted by Crippen LogP contribution is 2.08. The Hall–Kier alpha value is -1.62. The van der Waals surface area contributed by atoms with Gasteiger partial charge in [0.1, 0.15) is 0 Å². The Morgan fingerprint density at radius 2 is 2.13 bits per heavy atom. The predicted octanol–water partition coefficient (Wildman–Crippen LogP) is 1.01. The Kier molecular flexibility index (Phi) is 2.82. The third-order valence-corrected chi connectivity index (χ3v) is 2.47. The monoisotopic (exact) mass is 220 g/mol. The summed E-state index contributed by atoms with van der Waals surface area (Å²) in [6, 6.07) is 9.77. The zero-order valence-electron chi connectivity index (χ0n) is 8.18. The van der Waals surface area contributed by atoms with Crippen molar-refractivity contribution in [1.82, 2.24) is 4.90 Å². The van der Waals surface area contributed by atoms with Gasteiger partial charge in [0, 0.05) is 12.2 Å². The highest BCUT2D eigenvalue weighted by atomic mass is 32.1. The Balaban J connectivity index is 2.02. The minimum atomic E-state index is 0.489. The molecule has 1 aliphatic rings. The molecule has 1 aliphatic heterocycles. The summed E-state index contributed by atoms with van der Waals surface area (Å²) in [7, 11) is 0. The molecule has 0 bridgehead atoms. The summed E-state index contributed by atoms with van der Waals surface area (Å²) in [5, 5.41) is 3.71. The summed E-state index contributed by atoms with van der Waals surface area (Å²) < 4.78 is 0. The van der Waals surface area contributed by atoms with Crippen molar-refractivity contribution in [3.8, 4) is 0 Å². The first-order valence-electron chi connectivity index (χ1n) is 4.71. The number of benzene rings is 1. The molecule has 2 rings (SSSR count). The van der Waals surface area contributed by atoms with Crippen molar-refractivity contribution in [2.24, 2.45) is 10.7 Å². The standard InChI is InChI=1S/C10H12N4S/c11-9-12-6-7-14(9)10(15)13-8-4-2-1-3-5-8/h1-5H,6-7H2,(H2,11,12)(H,13,15). The summed E-state index contributed by atoms with van der Waals surface area (Å²) in [4.78, 5) is 5.87. The van der Waals surface area contributed by atoms with E-state index in [1.807, 2.05) is 30.3 Å². The van der Waals surface area contributed by atoms with E-state index in [2.05, 4.69) is 10.3 Å². The van der Waals surface area contributed by atoms with Crippen LogP contribution in [0.3, 0.4) is 0 Å². The van der Waals surface area contributed by atoms with Crippen LogP contribution in [0.25, 0.3) is 0 Å². The summed E-state index contributed by atoms with van der Waals surface area (Å²) >= 11 is 5.23. The summed E-state index contributed by atoms with van der Waals surface area (Å²) in [5.74, 6) is 0.489. The molecule has 0 aliphatic carbocycles. The number of nitrogens with two attached hydrogens (primary N) is 1. The van der Waals surface area contributed by atoms with Gasteiger partial charge in [0.15, 0.2) is 11.1 Å². The number of nitrogens with zero attached hydrogens (tertiary/aromatic N) is 2. The van der Waals surface area contributed by atoms with Crippen LogP contribution < -0.4 is 11.1 Å². The number of thiocarbonyl (C=S) groups is 1. The highest BCUT2D eigenvalue weighted by molar-refractivity contribution is 7.80. The lowest BCUT2D eigenvalue weighted by Crippen LogP contribution is -2.41. The second-order valence-corrected chi connectivity index (χ2v) is 3.57. The molecule has 1 aromatic rings. The average molecular weight is 220 g/mol. The van der Waals surface area contributed by atoms with Crippen LogP contribution in [0.15, 0.2) is 35.3 Å². The lowest BCUT2D eigenvalue weighted by molar-refractivity contribution is 0.669. The van der Waals surface area contributed by atoms with Crippen LogP contribution in [-0.2, 0) is 0 Å². The maximum atomic E-state index is 5.68. The first-order chi connectivity index (χ1) is 7.27. The van der Waals surface area contributed by atoms with Crippen molar-refractivity contribution in [2.45, 2.75) is 0 Å². The molecule has 0 spiro atoms. The molecule has 0 fully saturated rings. The lowest BCUT2D eigenvalue weighted by Gasteiger charge is -2.19. The van der Waals surface area contributed by atoms with Crippen LogP contribution in [0, 0.1) is 0 Å². The van der Waals surface area contributed by atoms with E-state index in [0.717, 1.165) is 12.2 Å². The van der Waals surface area contributed by atoms with Gasteiger partial charge in [-0.25, -0.2) is 0 Å². The van der Waals surface area contributed by atoms with E-state index >= 15 is 0 Å². The minimum Gasteiger partial charge on any atom is -0.369 e. The quantitative estimate of drug-likeness (QED) is 0.694. The molecule has 0 saturated carbocycles. The second kappa shape index (κ2) is 4.27. The summed E-state index contributed by atoms with van der Waals surface area (Å²) in [6.45, 7) is 1.47. The van der Waals surface area contributed by atoms with Gasteiger partial charge < -0.3 is 11.1 Å². The number of aliphatic imine (C=N–C) groups is 1. The zero-order chi connectivity index (χ0) is 10.7. The van der Waals surface area contributed by atoms with Gasteiger partial charge in [0.25, 0.3) is 0 Å². The fraction of sp³-hybridized carbons (Fsp3) is 0.200. The van der Waals surface area contributed by atoms with Gasteiger partial charge in [-0.15, -0.1) is 0 Å². The maximum absolute atomic E-state index is 5.68. The van der Waals surface area contributed by atoms with Gasteiger partial charge >= 0.3 is 0 Å². The normalized spacial score (nSPS) is 14.9. The molecule has 5 heteroatoms. The van der Waals surface area contributed by atoms with Crippen LogP contribution in [0.5, 0.6) is 0 Å². The van der Waals surface area contributed by atoms with E-state index in [1.54, 1.807) is 4.90 Å². The van der Waals surface area contributed by atoms with Crippen molar-refractivity contribution >= 4 is 29.0 Å². The molecule has 78 valence electrons. The Labute approximate surface area is 93.8 Å². The van der Waals surface area contributed by atoms with Crippen molar-refractivity contribution in [2.75, 3.05) is 18.4 Å². The average Bonchev–Trinajstić information content (AvgIpc) is 2.66. The third kappa shape index (κ3) is 2.24. The van der Waals surface area contributed by atoms with Gasteiger partial charge in [-0.2, -0.15) is 0 Å². The maximum Gasteiger partial charge on any atom is 0.197 e. The fourth-order valence-corrected chi connectivity index (χ4v) is 1.69. The minimum absolute atomic E-state index is 0.489. The SMILES string of the molecule is NC1=NCCN1C(=S)Nc1ccccc1. The highest BCUT2D eigenvalue weighted by Gasteiger charge is 2.17. The Morgan fingerprint density at radius 3 is 2.73 bits per heavy atom. The van der Waals surface area contributed by atoms with Gasteiger partial charge in [0.2, 0.25) is 0 Å². The van der Waals surface area contributed by atoms with Crippen molar-refractivity contribution in [1.29, 1.82) is 0 Å². The largest absolute Gasteiger partial charge is 0.369 e. The molecule has 0 atom stereocenters. The van der Waals surface area contributed by atoms with Crippen LogP contribution in [-0.4, -0.2) is 29.1 Å². The zero-order valence-corrected chi connectivity index (χ0v) is 9.00. The number of rotatable bonds is 1. The Bertz CT molecular complexity index is 388. The van der Waals surface area contributed by atoms with Crippen LogP contribution >= 0.6 is 12.2 Å². The number of nitrogens with one attached hydrogen (secondary N) is 1. The lowest BCUT2D eigenvalue weighted by atomic mass is 10.3. The molecular weight excluding hydrogens is 208 g/mol. The first kappa shape index (κ1) is 9.92. The van der Waals surface area contributed by atoms with E-state index in [4.69, 9.17) is 18.0 Å².